The first-order valence-corrected chi connectivity index (χ1v) is 9.68. The zero-order chi connectivity index (χ0) is 20.0. The van der Waals surface area contributed by atoms with Gasteiger partial charge in [-0.1, -0.05) is 45.9 Å². The van der Waals surface area contributed by atoms with Crippen LogP contribution < -0.4 is 4.74 Å². The van der Waals surface area contributed by atoms with E-state index < -0.39 is 5.97 Å². The number of benzene rings is 1. The predicted octanol–water partition coefficient (Wildman–Crippen LogP) is 2.76. The summed E-state index contributed by atoms with van der Waals surface area (Å²) >= 11 is 0. The van der Waals surface area contributed by atoms with Gasteiger partial charge < -0.3 is 14.7 Å². The molecule has 6 heteroatoms. The Hall–Kier alpha value is -2.08. The molecular formula is C21H32N2O4. The van der Waals surface area contributed by atoms with Gasteiger partial charge in [-0.25, -0.2) is 0 Å². The Morgan fingerprint density at radius 3 is 2.41 bits per heavy atom. The van der Waals surface area contributed by atoms with E-state index in [-0.39, 0.29) is 30.5 Å². The van der Waals surface area contributed by atoms with Gasteiger partial charge in [0.15, 0.2) is 6.61 Å². The van der Waals surface area contributed by atoms with Gasteiger partial charge in [0.05, 0.1) is 6.54 Å². The summed E-state index contributed by atoms with van der Waals surface area (Å²) < 4.78 is 5.85. The molecule has 1 fully saturated rings. The number of aliphatic carboxylic acids is 1. The summed E-state index contributed by atoms with van der Waals surface area (Å²) in [6.07, 6.45) is 1.59. The molecule has 0 aromatic heterocycles. The zero-order valence-electron chi connectivity index (χ0n) is 16.9. The molecule has 0 radical (unpaired) electrons. The van der Waals surface area contributed by atoms with Crippen LogP contribution in [0.2, 0.25) is 0 Å². The third-order valence-electron chi connectivity index (χ3n) is 5.12. The van der Waals surface area contributed by atoms with Crippen molar-refractivity contribution in [1.29, 1.82) is 0 Å². The Labute approximate surface area is 162 Å². The molecule has 2 rings (SSSR count). The minimum Gasteiger partial charge on any atom is -0.483 e. The lowest BCUT2D eigenvalue weighted by Gasteiger charge is -2.37. The van der Waals surface area contributed by atoms with E-state index in [4.69, 9.17) is 9.84 Å². The molecule has 27 heavy (non-hydrogen) atoms. The zero-order valence-corrected chi connectivity index (χ0v) is 16.9. The van der Waals surface area contributed by atoms with Crippen LogP contribution in [0.5, 0.6) is 5.75 Å². The Morgan fingerprint density at radius 2 is 1.85 bits per heavy atom. The maximum absolute atomic E-state index is 12.5. The summed E-state index contributed by atoms with van der Waals surface area (Å²) in [5.74, 6) is -0.0634. The molecule has 1 aromatic rings. The summed E-state index contributed by atoms with van der Waals surface area (Å²) in [7, 11) is 0. The fourth-order valence-electron chi connectivity index (χ4n) is 3.60. The minimum absolute atomic E-state index is 0.0153. The number of nitrogens with zero attached hydrogens (tertiary/aromatic N) is 2. The number of hydrogen-bond acceptors (Lipinski definition) is 4. The smallest absolute Gasteiger partial charge is 0.317 e. The number of rotatable bonds is 7. The second kappa shape index (κ2) is 9.22. The summed E-state index contributed by atoms with van der Waals surface area (Å²) in [6.45, 7) is 10.4. The van der Waals surface area contributed by atoms with E-state index in [0.717, 1.165) is 24.2 Å². The molecule has 1 aliphatic heterocycles. The molecule has 0 atom stereocenters. The van der Waals surface area contributed by atoms with Crippen LogP contribution in [0.3, 0.4) is 0 Å². The van der Waals surface area contributed by atoms with Gasteiger partial charge in [-0.15, -0.1) is 0 Å². The average molecular weight is 376 g/mol. The number of carboxylic acids is 1. The number of amides is 1. The van der Waals surface area contributed by atoms with E-state index in [0.29, 0.717) is 19.6 Å². The average Bonchev–Trinajstić information content (AvgIpc) is 2.63. The SMILES string of the molecule is CCN(CC(=O)O)C1CCN(C(=O)COc2ccccc2C(C)(C)C)CC1. The van der Waals surface area contributed by atoms with Crippen LogP contribution in [-0.4, -0.2) is 65.6 Å². The van der Waals surface area contributed by atoms with Crippen molar-refractivity contribution in [1.82, 2.24) is 9.80 Å². The van der Waals surface area contributed by atoms with E-state index in [9.17, 15) is 9.59 Å². The lowest BCUT2D eigenvalue weighted by molar-refractivity contribution is -0.140. The van der Waals surface area contributed by atoms with Crippen molar-refractivity contribution < 1.29 is 19.4 Å². The van der Waals surface area contributed by atoms with E-state index in [1.54, 1.807) is 0 Å². The highest BCUT2D eigenvalue weighted by Crippen LogP contribution is 2.31. The highest BCUT2D eigenvalue weighted by atomic mass is 16.5. The number of likely N-dealkylation sites (tertiary alicyclic amines) is 1. The Morgan fingerprint density at radius 1 is 1.22 bits per heavy atom. The third kappa shape index (κ3) is 5.96. The van der Waals surface area contributed by atoms with Gasteiger partial charge in [0.2, 0.25) is 0 Å². The topological polar surface area (TPSA) is 70.1 Å². The maximum Gasteiger partial charge on any atom is 0.317 e. The van der Waals surface area contributed by atoms with Crippen molar-refractivity contribution in [3.63, 3.8) is 0 Å². The molecule has 1 heterocycles. The van der Waals surface area contributed by atoms with E-state index in [1.165, 1.54) is 0 Å². The maximum atomic E-state index is 12.5. The molecule has 0 unspecified atom stereocenters. The molecule has 1 N–H and O–H groups in total. The van der Waals surface area contributed by atoms with Crippen LogP contribution in [0.1, 0.15) is 46.1 Å². The second-order valence-corrected chi connectivity index (χ2v) is 8.10. The van der Waals surface area contributed by atoms with Crippen LogP contribution >= 0.6 is 0 Å². The Kier molecular flexibility index (Phi) is 7.25. The standard InChI is InChI=1S/C21H32N2O4/c1-5-22(14-20(25)26)16-10-12-23(13-11-16)19(24)15-27-18-9-7-6-8-17(18)21(2,3)4/h6-9,16H,5,10-15H2,1-4H3,(H,25,26). The molecule has 150 valence electrons. The molecule has 6 nitrogen and oxygen atoms in total. The lowest BCUT2D eigenvalue weighted by atomic mass is 9.86. The minimum atomic E-state index is -0.804. The molecular weight excluding hydrogens is 344 g/mol. The van der Waals surface area contributed by atoms with Crippen molar-refractivity contribution in [2.45, 2.75) is 52.0 Å². The molecule has 0 saturated carbocycles. The van der Waals surface area contributed by atoms with Gasteiger partial charge in [0.25, 0.3) is 5.91 Å². The van der Waals surface area contributed by atoms with Gasteiger partial charge in [0, 0.05) is 19.1 Å². The Bertz CT molecular complexity index is 646. The number of carboxylic acid groups (broad SMARTS) is 1. The van der Waals surface area contributed by atoms with Crippen molar-refractivity contribution >= 4 is 11.9 Å². The van der Waals surface area contributed by atoms with Crippen molar-refractivity contribution in [2.75, 3.05) is 32.8 Å². The van der Waals surface area contributed by atoms with Crippen LogP contribution in [0.15, 0.2) is 24.3 Å². The lowest BCUT2D eigenvalue weighted by Crippen LogP contribution is -2.49. The monoisotopic (exact) mass is 376 g/mol. The summed E-state index contributed by atoms with van der Waals surface area (Å²) in [5.41, 5.74) is 1.04. The number of piperidine rings is 1. The number of carbonyl (C=O) groups excluding carboxylic acids is 1. The first-order chi connectivity index (χ1) is 12.7. The third-order valence-corrected chi connectivity index (χ3v) is 5.12. The van der Waals surface area contributed by atoms with Crippen LogP contribution in [0.4, 0.5) is 0 Å². The van der Waals surface area contributed by atoms with Crippen LogP contribution in [-0.2, 0) is 15.0 Å². The number of carbonyl (C=O) groups is 2. The largest absolute Gasteiger partial charge is 0.483 e. The van der Waals surface area contributed by atoms with Crippen LogP contribution in [0.25, 0.3) is 0 Å². The van der Waals surface area contributed by atoms with E-state index in [1.807, 2.05) is 41.0 Å². The fraction of sp³-hybridized carbons (Fsp3) is 0.619. The summed E-state index contributed by atoms with van der Waals surface area (Å²) in [6, 6.07) is 8.06. The second-order valence-electron chi connectivity index (χ2n) is 8.10. The molecule has 0 spiro atoms. The molecule has 1 saturated heterocycles. The summed E-state index contributed by atoms with van der Waals surface area (Å²) in [5, 5.41) is 9.02. The molecule has 1 aliphatic rings. The molecule has 1 amide bonds. The Balaban J connectivity index is 1.88. The predicted molar refractivity (Wildman–Crippen MR) is 105 cm³/mol. The van der Waals surface area contributed by atoms with Crippen LogP contribution in [0, 0.1) is 0 Å². The van der Waals surface area contributed by atoms with Crippen molar-refractivity contribution in [2.24, 2.45) is 0 Å². The molecule has 0 bridgehead atoms. The van der Waals surface area contributed by atoms with Gasteiger partial charge in [-0.05, 0) is 36.4 Å². The van der Waals surface area contributed by atoms with Gasteiger partial charge in [-0.3, -0.25) is 14.5 Å². The first kappa shape index (κ1) is 21.2. The van der Waals surface area contributed by atoms with Crippen molar-refractivity contribution in [3.05, 3.63) is 29.8 Å². The fourth-order valence-corrected chi connectivity index (χ4v) is 3.60. The number of para-hydroxylation sites is 1. The number of hydrogen-bond donors (Lipinski definition) is 1. The van der Waals surface area contributed by atoms with Crippen molar-refractivity contribution in [3.8, 4) is 5.75 Å². The van der Waals surface area contributed by atoms with Gasteiger partial charge in [0.1, 0.15) is 5.75 Å². The molecule has 1 aromatic carbocycles. The van der Waals surface area contributed by atoms with E-state index >= 15 is 0 Å². The van der Waals surface area contributed by atoms with Gasteiger partial charge >= 0.3 is 5.97 Å². The quantitative estimate of drug-likeness (QED) is 0.792. The van der Waals surface area contributed by atoms with E-state index in [2.05, 4.69) is 20.8 Å². The number of likely N-dealkylation sites (N-methyl/N-ethyl adjacent to an activating group) is 1. The normalized spacial score (nSPS) is 15.8. The highest BCUT2D eigenvalue weighted by molar-refractivity contribution is 5.78. The first-order valence-electron chi connectivity index (χ1n) is 9.68. The summed E-state index contributed by atoms with van der Waals surface area (Å²) in [4.78, 5) is 27.3. The molecule has 0 aliphatic carbocycles. The number of ether oxygens (including phenoxy) is 1. The highest BCUT2D eigenvalue weighted by Gasteiger charge is 2.27. The van der Waals surface area contributed by atoms with Gasteiger partial charge in [-0.2, -0.15) is 0 Å².